The third-order valence-corrected chi connectivity index (χ3v) is 18.4. The molecule has 3 fully saturated rings. The second-order valence-corrected chi connectivity index (χ2v) is 25.1. The molecular formula is C96H92Ir3N5-5. The number of aryl methyl sites for hydroxylation is 5. The number of aromatic nitrogens is 5. The zero-order valence-corrected chi connectivity index (χ0v) is 65.0. The second kappa shape index (κ2) is 41.2. The van der Waals surface area contributed by atoms with Gasteiger partial charge in [-0.2, -0.15) is 0 Å². The summed E-state index contributed by atoms with van der Waals surface area (Å²) < 4.78 is 142. The number of benzene rings is 8. The van der Waals surface area contributed by atoms with E-state index in [2.05, 4.69) is 73.5 Å². The molecule has 3 radical (unpaired) electrons. The van der Waals surface area contributed by atoms with Gasteiger partial charge in [-0.3, -0.25) is 0 Å². The molecule has 8 heteroatoms. The Morgan fingerprint density at radius 3 is 0.904 bits per heavy atom. The maximum absolute atomic E-state index is 9.04. The summed E-state index contributed by atoms with van der Waals surface area (Å²) in [5, 5.41) is 0. The largest absolute Gasteiger partial charge is 0.305 e. The van der Waals surface area contributed by atoms with Gasteiger partial charge in [-0.1, -0.05) is 165 Å². The second-order valence-electron chi connectivity index (χ2n) is 25.1. The van der Waals surface area contributed by atoms with E-state index in [9.17, 15) is 0 Å². The Morgan fingerprint density at radius 2 is 0.606 bits per heavy atom. The zero-order chi connectivity index (χ0) is 84.9. The smallest absolute Gasteiger partial charge is 0.0352 e. The van der Waals surface area contributed by atoms with Gasteiger partial charge in [0.1, 0.15) is 0 Å². The fourth-order valence-corrected chi connectivity index (χ4v) is 12.8. The van der Waals surface area contributed by atoms with Gasteiger partial charge in [0.15, 0.2) is 0 Å². The van der Waals surface area contributed by atoms with Gasteiger partial charge in [-0.15, -0.1) is 177 Å². The first-order valence-corrected chi connectivity index (χ1v) is 34.5. The van der Waals surface area contributed by atoms with Crippen LogP contribution in [0.25, 0.3) is 56.3 Å². The van der Waals surface area contributed by atoms with Crippen molar-refractivity contribution in [2.45, 2.75) is 147 Å². The predicted octanol–water partition coefficient (Wildman–Crippen LogP) is 24.6. The Hall–Kier alpha value is -8.54. The third kappa shape index (κ3) is 23.0. The number of hydrogen-bond donors (Lipinski definition) is 0. The van der Waals surface area contributed by atoms with Crippen molar-refractivity contribution in [1.82, 2.24) is 24.9 Å². The van der Waals surface area contributed by atoms with Crippen LogP contribution in [0, 0.1) is 64.7 Å². The molecule has 533 valence electrons. The maximum atomic E-state index is 9.04. The van der Waals surface area contributed by atoms with Crippen LogP contribution in [0.1, 0.15) is 198 Å². The van der Waals surface area contributed by atoms with Crippen molar-refractivity contribution in [3.05, 3.63) is 377 Å². The van der Waals surface area contributed by atoms with E-state index in [1.807, 2.05) is 182 Å². The average Bonchev–Trinajstić information content (AvgIpc) is 1.19. The van der Waals surface area contributed by atoms with Crippen LogP contribution < -0.4 is 0 Å². The van der Waals surface area contributed by atoms with E-state index in [-0.39, 0.29) is 82.6 Å². The molecule has 0 spiro atoms. The minimum Gasteiger partial charge on any atom is -0.305 e. The molecule has 5 heterocycles. The maximum Gasteiger partial charge on any atom is 0.0352 e. The Labute approximate surface area is 685 Å². The molecular weight excluding hydrogens is 1800 g/mol. The van der Waals surface area contributed by atoms with Gasteiger partial charge in [0.25, 0.3) is 0 Å². The number of rotatable bonds is 11. The van der Waals surface area contributed by atoms with Crippen molar-refractivity contribution >= 4 is 0 Å². The fraction of sp³-hybridized carbons (Fsp3) is 0.240. The molecule has 0 amide bonds. The standard InChI is InChI=1S/3C23H22N.C14H14N.C13H12N.3Ir/c3*1-2-7-18(8-3-1)19-12-14-20(15-13-19)21-9-6-10-22(17-21)23-11-4-5-16-24-23;1-10-4-6-13(7-5-10)14-8-11(2)12(3)9-15-14;1-10-3-6-12(7-4-10)13-8-5-11(2)9-14-13;;;/h3*1-9,11,16-17,19-20H,12-15H2;4-6,8-9H,1-3H3;3-6,8-9H,1-2H3;;;/q5*-1;;;/i3*19D,20D;1D3,3D3;1D3,2D3;;;. The van der Waals surface area contributed by atoms with Crippen molar-refractivity contribution in [1.29, 1.82) is 0 Å². The summed E-state index contributed by atoms with van der Waals surface area (Å²) in [6, 6.07) is 94.8. The molecule has 0 bridgehead atoms. The molecule has 104 heavy (non-hydrogen) atoms. The van der Waals surface area contributed by atoms with E-state index in [1.165, 1.54) is 42.7 Å². The average molecular weight is 1910 g/mol. The summed E-state index contributed by atoms with van der Waals surface area (Å²) in [5.41, 5.74) is 15.4. The Morgan fingerprint density at radius 1 is 0.279 bits per heavy atom. The molecule has 0 saturated heterocycles. The molecule has 0 aliphatic heterocycles. The predicted molar refractivity (Wildman–Crippen MR) is 417 cm³/mol. The summed E-state index contributed by atoms with van der Waals surface area (Å²) in [6.45, 7) is -6.98. The van der Waals surface area contributed by atoms with Crippen LogP contribution in [0.3, 0.4) is 0 Å². The Kier molecular flexibility index (Phi) is 22.9. The van der Waals surface area contributed by atoms with E-state index in [1.54, 1.807) is 49.8 Å². The van der Waals surface area contributed by atoms with Crippen molar-refractivity contribution < 1.29 is 85.0 Å². The summed E-state index contributed by atoms with van der Waals surface area (Å²) in [5.74, 6) is -3.64. The van der Waals surface area contributed by atoms with Crippen molar-refractivity contribution in [2.24, 2.45) is 0 Å². The Bertz CT molecular complexity index is 5010. The number of pyridine rings is 5. The van der Waals surface area contributed by atoms with Gasteiger partial charge < -0.3 is 24.9 Å². The van der Waals surface area contributed by atoms with Crippen LogP contribution in [0.4, 0.5) is 0 Å². The molecule has 5 nitrogen and oxygen atoms in total. The van der Waals surface area contributed by atoms with Gasteiger partial charge in [0.2, 0.25) is 0 Å². The molecule has 13 aromatic rings. The van der Waals surface area contributed by atoms with E-state index >= 15 is 0 Å². The molecule has 16 rings (SSSR count). The molecule has 3 saturated carbocycles. The normalized spacial score (nSPS) is 24.4. The van der Waals surface area contributed by atoms with Crippen LogP contribution in [0.5, 0.6) is 0 Å². The summed E-state index contributed by atoms with van der Waals surface area (Å²) in [4.78, 5) is 21.4. The minimum atomic E-state index is -2.19. The summed E-state index contributed by atoms with van der Waals surface area (Å²) >= 11 is 0. The van der Waals surface area contributed by atoms with Crippen LogP contribution in [0.15, 0.2) is 286 Å². The van der Waals surface area contributed by atoms with Crippen LogP contribution in [-0.4, -0.2) is 24.9 Å². The third-order valence-electron chi connectivity index (χ3n) is 18.4. The fourth-order valence-electron chi connectivity index (χ4n) is 12.8. The minimum absolute atomic E-state index is 0. The summed E-state index contributed by atoms with van der Waals surface area (Å²) in [7, 11) is 0. The van der Waals surface area contributed by atoms with Gasteiger partial charge in [0, 0.05) is 116 Å². The van der Waals surface area contributed by atoms with Gasteiger partial charge >= 0.3 is 0 Å². The van der Waals surface area contributed by atoms with E-state index in [0.29, 0.717) is 105 Å². The number of nitrogens with zero attached hydrogens (tertiary/aromatic N) is 5. The topological polar surface area (TPSA) is 64.5 Å². The zero-order valence-electron chi connectivity index (χ0n) is 75.9. The van der Waals surface area contributed by atoms with Crippen LogP contribution in [0.2, 0.25) is 0 Å². The van der Waals surface area contributed by atoms with Gasteiger partial charge in [-0.05, 0) is 208 Å². The number of hydrogen-bond acceptors (Lipinski definition) is 5. The SMILES string of the molecule is [2H]C([2H])([2H])c1c[c-]c(-c2cc(C)c(C([2H])([2H])[2H])cn2)cc1.[2H]C([2H])([2H])c1c[c-]c(-c2ccc(C([2H])([2H])[2H])cn2)cc1.[2H]C1(c2ccccc2)CCC([2H])(c2cc[c-]c(-c3ccccn3)c2)CC1.[2H]C1(c2ccccc2)CCC([2H])(c2cc[c-]c(-c3ccccn3)c2)CC1.[2H]C1(c2ccccc2)CCC([2H])(c2cc[c-]c(-c3ccccn3)c2)CC1.[Ir].[Ir].[Ir]. The van der Waals surface area contributed by atoms with Crippen LogP contribution in [-0.2, 0) is 60.3 Å². The monoisotopic (exact) mass is 1910 g/mol. The first kappa shape index (κ1) is 57.7. The summed E-state index contributed by atoms with van der Waals surface area (Å²) in [6.07, 6.45) is 16.4. The molecule has 3 aliphatic rings. The molecule has 0 unspecified atom stereocenters. The Balaban J connectivity index is 0.000000173. The molecule has 5 aromatic heterocycles. The molecule has 3 aliphatic carbocycles. The molecule has 8 aromatic carbocycles. The van der Waals surface area contributed by atoms with Crippen molar-refractivity contribution in [3.63, 3.8) is 0 Å². The first-order valence-electron chi connectivity index (χ1n) is 43.5. The van der Waals surface area contributed by atoms with E-state index in [0.717, 1.165) is 67.2 Å². The first-order chi connectivity index (χ1) is 56.5. The van der Waals surface area contributed by atoms with Gasteiger partial charge in [0.05, 0.1) is 0 Å². The van der Waals surface area contributed by atoms with Gasteiger partial charge in [-0.25, -0.2) is 0 Å². The van der Waals surface area contributed by atoms with Crippen LogP contribution >= 0.6 is 0 Å². The van der Waals surface area contributed by atoms with Crippen molar-refractivity contribution in [2.75, 3.05) is 0 Å². The van der Waals surface area contributed by atoms with Crippen molar-refractivity contribution in [3.8, 4) is 56.3 Å². The van der Waals surface area contributed by atoms with E-state index < -0.39 is 62.8 Å². The molecule has 0 N–H and O–H groups in total. The molecule has 0 atom stereocenters. The quantitative estimate of drug-likeness (QED) is 0.121. The van der Waals surface area contributed by atoms with E-state index in [4.69, 9.17) is 24.7 Å².